The lowest BCUT2D eigenvalue weighted by Crippen LogP contribution is -2.30. The monoisotopic (exact) mass is 293 g/mol. The quantitative estimate of drug-likeness (QED) is 0.913. The van der Waals surface area contributed by atoms with E-state index in [0.29, 0.717) is 0 Å². The fourth-order valence-electron chi connectivity index (χ4n) is 2.16. The molecule has 1 aliphatic heterocycles. The molecule has 19 heavy (non-hydrogen) atoms. The van der Waals surface area contributed by atoms with E-state index in [1.165, 1.54) is 10.5 Å². The van der Waals surface area contributed by atoms with Crippen LogP contribution in [0.4, 0.5) is 0 Å². The lowest BCUT2D eigenvalue weighted by atomic mass is 10.0. The van der Waals surface area contributed by atoms with E-state index in [4.69, 9.17) is 16.0 Å². The summed E-state index contributed by atoms with van der Waals surface area (Å²) >= 11 is 7.50. The molecule has 5 heteroatoms. The standard InChI is InChI=1S/C14H12ClNO2S/c15-13-6-5-11(18-13)14(17)16-10-7-8-19-12-4-2-1-3-9(10)12/h1-6,10H,7-8H2,(H,16,17). The highest BCUT2D eigenvalue weighted by Gasteiger charge is 2.23. The van der Waals surface area contributed by atoms with E-state index in [1.807, 2.05) is 23.9 Å². The van der Waals surface area contributed by atoms with Gasteiger partial charge in [0, 0.05) is 10.6 Å². The predicted molar refractivity (Wildman–Crippen MR) is 75.7 cm³/mol. The van der Waals surface area contributed by atoms with Gasteiger partial charge in [-0.3, -0.25) is 4.79 Å². The highest BCUT2D eigenvalue weighted by atomic mass is 35.5. The number of halogens is 1. The van der Waals surface area contributed by atoms with Crippen LogP contribution in [0.25, 0.3) is 0 Å². The van der Waals surface area contributed by atoms with Crippen molar-refractivity contribution in [2.45, 2.75) is 17.4 Å². The molecule has 1 amide bonds. The van der Waals surface area contributed by atoms with Crippen LogP contribution in [0.15, 0.2) is 45.7 Å². The fourth-order valence-corrected chi connectivity index (χ4v) is 3.43. The Hall–Kier alpha value is -1.39. The zero-order valence-electron chi connectivity index (χ0n) is 10.1. The number of thioether (sulfide) groups is 1. The summed E-state index contributed by atoms with van der Waals surface area (Å²) in [6, 6.07) is 11.3. The van der Waals surface area contributed by atoms with Gasteiger partial charge in [-0.15, -0.1) is 11.8 Å². The first-order valence-corrected chi connectivity index (χ1v) is 7.38. The van der Waals surface area contributed by atoms with Crippen molar-refractivity contribution in [1.82, 2.24) is 5.32 Å². The van der Waals surface area contributed by atoms with Gasteiger partial charge in [-0.25, -0.2) is 0 Å². The van der Waals surface area contributed by atoms with Crippen molar-refractivity contribution < 1.29 is 9.21 Å². The maximum absolute atomic E-state index is 12.1. The number of nitrogens with one attached hydrogen (secondary N) is 1. The molecule has 1 atom stereocenters. The minimum atomic E-state index is -0.224. The summed E-state index contributed by atoms with van der Waals surface area (Å²) in [7, 11) is 0. The number of benzene rings is 1. The molecule has 98 valence electrons. The maximum Gasteiger partial charge on any atom is 0.287 e. The summed E-state index contributed by atoms with van der Waals surface area (Å²) in [5, 5.41) is 3.23. The van der Waals surface area contributed by atoms with Gasteiger partial charge in [0.2, 0.25) is 0 Å². The molecular formula is C14H12ClNO2S. The van der Waals surface area contributed by atoms with Crippen LogP contribution in [0, 0.1) is 0 Å². The van der Waals surface area contributed by atoms with Crippen LogP contribution in [-0.4, -0.2) is 11.7 Å². The first-order chi connectivity index (χ1) is 9.24. The molecule has 0 radical (unpaired) electrons. The normalized spacial score (nSPS) is 17.8. The van der Waals surface area contributed by atoms with Gasteiger partial charge in [0.15, 0.2) is 11.0 Å². The van der Waals surface area contributed by atoms with Crippen LogP contribution in [0.5, 0.6) is 0 Å². The first-order valence-electron chi connectivity index (χ1n) is 6.02. The lowest BCUT2D eigenvalue weighted by Gasteiger charge is -2.25. The number of rotatable bonds is 2. The van der Waals surface area contributed by atoms with Crippen LogP contribution < -0.4 is 5.32 Å². The molecule has 0 aliphatic carbocycles. The lowest BCUT2D eigenvalue weighted by molar-refractivity contribution is 0.0907. The van der Waals surface area contributed by atoms with Crippen molar-refractivity contribution in [3.05, 3.63) is 52.9 Å². The number of fused-ring (bicyclic) bond motifs is 1. The summed E-state index contributed by atoms with van der Waals surface area (Å²) in [4.78, 5) is 13.3. The third-order valence-electron chi connectivity index (χ3n) is 3.06. The van der Waals surface area contributed by atoms with Gasteiger partial charge in [-0.2, -0.15) is 0 Å². The highest BCUT2D eigenvalue weighted by molar-refractivity contribution is 7.99. The molecule has 1 aromatic heterocycles. The predicted octanol–water partition coefficient (Wildman–Crippen LogP) is 3.90. The summed E-state index contributed by atoms with van der Waals surface area (Å²) in [5.74, 6) is 1.03. The minimum absolute atomic E-state index is 0.0359. The second-order valence-corrected chi connectivity index (χ2v) is 5.81. The second-order valence-electron chi connectivity index (χ2n) is 4.30. The Balaban J connectivity index is 1.79. The van der Waals surface area contributed by atoms with Gasteiger partial charge < -0.3 is 9.73 Å². The molecule has 2 aromatic rings. The number of furan rings is 1. The Kier molecular flexibility index (Phi) is 3.53. The number of hydrogen-bond donors (Lipinski definition) is 1. The molecule has 0 fully saturated rings. The number of carbonyl (C=O) groups excluding carboxylic acids is 1. The molecule has 0 spiro atoms. The molecule has 1 unspecified atom stereocenters. The molecule has 3 nitrogen and oxygen atoms in total. The van der Waals surface area contributed by atoms with Crippen molar-refractivity contribution in [2.75, 3.05) is 5.75 Å². The highest BCUT2D eigenvalue weighted by Crippen LogP contribution is 2.35. The molecule has 3 rings (SSSR count). The third kappa shape index (κ3) is 2.65. The number of hydrogen-bond acceptors (Lipinski definition) is 3. The zero-order chi connectivity index (χ0) is 13.2. The average molecular weight is 294 g/mol. The molecule has 0 bridgehead atoms. The summed E-state index contributed by atoms with van der Waals surface area (Å²) in [6.45, 7) is 0. The van der Waals surface area contributed by atoms with Crippen LogP contribution in [0.2, 0.25) is 5.22 Å². The summed E-state index contributed by atoms with van der Waals surface area (Å²) in [5.41, 5.74) is 1.17. The molecular weight excluding hydrogens is 282 g/mol. The minimum Gasteiger partial charge on any atom is -0.440 e. The Morgan fingerprint density at radius 2 is 2.16 bits per heavy atom. The molecule has 1 N–H and O–H groups in total. The SMILES string of the molecule is O=C(NC1CCSc2ccccc21)c1ccc(Cl)o1. The van der Waals surface area contributed by atoms with E-state index in [9.17, 15) is 4.79 Å². The van der Waals surface area contributed by atoms with Crippen molar-refractivity contribution in [1.29, 1.82) is 0 Å². The zero-order valence-corrected chi connectivity index (χ0v) is 11.6. The van der Waals surface area contributed by atoms with Crippen molar-refractivity contribution >= 4 is 29.3 Å². The largest absolute Gasteiger partial charge is 0.440 e. The number of amides is 1. The molecule has 0 saturated heterocycles. The van der Waals surface area contributed by atoms with Gasteiger partial charge in [-0.05, 0) is 41.8 Å². The van der Waals surface area contributed by atoms with E-state index in [-0.39, 0.29) is 22.9 Å². The van der Waals surface area contributed by atoms with Crippen molar-refractivity contribution in [3.63, 3.8) is 0 Å². The molecule has 1 aliphatic rings. The van der Waals surface area contributed by atoms with E-state index in [2.05, 4.69) is 17.4 Å². The van der Waals surface area contributed by atoms with Crippen molar-refractivity contribution in [2.24, 2.45) is 0 Å². The smallest absolute Gasteiger partial charge is 0.287 e. The van der Waals surface area contributed by atoms with Crippen molar-refractivity contribution in [3.8, 4) is 0 Å². The molecule has 1 aromatic carbocycles. The number of carbonyl (C=O) groups is 1. The van der Waals surface area contributed by atoms with Crippen LogP contribution in [0.3, 0.4) is 0 Å². The third-order valence-corrected chi connectivity index (χ3v) is 4.39. The second kappa shape index (κ2) is 5.31. The van der Waals surface area contributed by atoms with Gasteiger partial charge in [0.1, 0.15) is 0 Å². The van der Waals surface area contributed by atoms with Crippen LogP contribution in [0.1, 0.15) is 28.6 Å². The van der Waals surface area contributed by atoms with Gasteiger partial charge >= 0.3 is 0 Å². The van der Waals surface area contributed by atoms with E-state index >= 15 is 0 Å². The van der Waals surface area contributed by atoms with Gasteiger partial charge in [-0.1, -0.05) is 18.2 Å². The molecule has 2 heterocycles. The van der Waals surface area contributed by atoms with Crippen LogP contribution >= 0.6 is 23.4 Å². The molecule has 0 saturated carbocycles. The Morgan fingerprint density at radius 1 is 1.32 bits per heavy atom. The average Bonchev–Trinajstić information content (AvgIpc) is 2.86. The topological polar surface area (TPSA) is 42.2 Å². The fraction of sp³-hybridized carbons (Fsp3) is 0.214. The van der Waals surface area contributed by atoms with Gasteiger partial charge in [0.05, 0.1) is 6.04 Å². The first kappa shape index (κ1) is 12.6. The van der Waals surface area contributed by atoms with E-state index in [1.54, 1.807) is 12.1 Å². The maximum atomic E-state index is 12.1. The summed E-state index contributed by atoms with van der Waals surface area (Å²) in [6.07, 6.45) is 0.919. The summed E-state index contributed by atoms with van der Waals surface area (Å²) < 4.78 is 5.12. The Labute approximate surface area is 120 Å². The van der Waals surface area contributed by atoms with Crippen LogP contribution in [-0.2, 0) is 0 Å². The Bertz CT molecular complexity index is 611. The van der Waals surface area contributed by atoms with Gasteiger partial charge in [0.25, 0.3) is 5.91 Å². The Morgan fingerprint density at radius 3 is 2.95 bits per heavy atom. The van der Waals surface area contributed by atoms with E-state index < -0.39 is 0 Å². The van der Waals surface area contributed by atoms with E-state index in [0.717, 1.165) is 12.2 Å².